The molecule has 0 fully saturated rings. The number of rotatable bonds is 4. The van der Waals surface area contributed by atoms with E-state index in [1.807, 2.05) is 20.8 Å². The minimum atomic E-state index is -1.14. The first-order valence-electron chi connectivity index (χ1n) is 6.59. The molecular formula is C14H18N4O3. The molecule has 2 heterocycles. The maximum absolute atomic E-state index is 11.4. The normalized spacial score (nSPS) is 11.0. The summed E-state index contributed by atoms with van der Waals surface area (Å²) in [4.78, 5) is 19.6. The van der Waals surface area contributed by atoms with Crippen molar-refractivity contribution in [2.45, 2.75) is 33.6 Å². The lowest BCUT2D eigenvalue weighted by Crippen LogP contribution is -2.09. The quantitative estimate of drug-likeness (QED) is 0.930. The molecule has 0 unspecified atom stereocenters. The summed E-state index contributed by atoms with van der Waals surface area (Å²) in [5.41, 5.74) is 1.34. The van der Waals surface area contributed by atoms with Crippen LogP contribution in [0.5, 0.6) is 11.5 Å². The van der Waals surface area contributed by atoms with Gasteiger partial charge < -0.3 is 9.84 Å². The fraction of sp³-hybridized carbons (Fsp3) is 0.429. The third-order valence-electron chi connectivity index (χ3n) is 3.15. The summed E-state index contributed by atoms with van der Waals surface area (Å²) < 4.78 is 7.37. The zero-order chi connectivity index (χ0) is 15.7. The van der Waals surface area contributed by atoms with Crippen LogP contribution < -0.4 is 4.74 Å². The average molecular weight is 290 g/mol. The van der Waals surface area contributed by atoms with E-state index in [9.17, 15) is 9.90 Å². The predicted molar refractivity (Wildman–Crippen MR) is 75.8 cm³/mol. The van der Waals surface area contributed by atoms with Crippen molar-refractivity contribution >= 4 is 5.97 Å². The first-order valence-corrected chi connectivity index (χ1v) is 6.59. The molecule has 0 bridgehead atoms. The smallest absolute Gasteiger partial charge is 0.358 e. The maximum atomic E-state index is 11.4. The molecule has 2 aromatic heterocycles. The number of aromatic nitrogens is 4. The Hall–Kier alpha value is -2.44. The van der Waals surface area contributed by atoms with Gasteiger partial charge in [0.2, 0.25) is 0 Å². The van der Waals surface area contributed by atoms with Gasteiger partial charge >= 0.3 is 5.97 Å². The van der Waals surface area contributed by atoms with Gasteiger partial charge in [-0.25, -0.2) is 14.8 Å². The maximum Gasteiger partial charge on any atom is 0.358 e. The Bertz CT molecular complexity index is 692. The van der Waals surface area contributed by atoms with Gasteiger partial charge in [0, 0.05) is 13.0 Å². The fourth-order valence-corrected chi connectivity index (χ4v) is 1.90. The van der Waals surface area contributed by atoms with E-state index >= 15 is 0 Å². The second-order valence-electron chi connectivity index (χ2n) is 5.13. The Morgan fingerprint density at radius 2 is 2.05 bits per heavy atom. The van der Waals surface area contributed by atoms with Crippen molar-refractivity contribution in [3.63, 3.8) is 0 Å². The first kappa shape index (κ1) is 15.0. The monoisotopic (exact) mass is 290 g/mol. The lowest BCUT2D eigenvalue weighted by molar-refractivity contribution is 0.0686. The number of aromatic carboxylic acids is 1. The molecule has 2 rings (SSSR count). The Morgan fingerprint density at radius 1 is 1.38 bits per heavy atom. The molecule has 7 heteroatoms. The van der Waals surface area contributed by atoms with Crippen LogP contribution in [0.4, 0.5) is 0 Å². The molecule has 0 radical (unpaired) electrons. The van der Waals surface area contributed by atoms with E-state index < -0.39 is 5.97 Å². The Labute approximate surface area is 122 Å². The third-order valence-corrected chi connectivity index (χ3v) is 3.15. The van der Waals surface area contributed by atoms with Gasteiger partial charge in [-0.3, -0.25) is 4.68 Å². The predicted octanol–water partition coefficient (Wildman–Crippen LogP) is 2.44. The lowest BCUT2D eigenvalue weighted by atomic mass is 10.2. The highest BCUT2D eigenvalue weighted by Crippen LogP contribution is 2.29. The van der Waals surface area contributed by atoms with Gasteiger partial charge in [0.05, 0.1) is 11.9 Å². The highest BCUT2D eigenvalue weighted by Gasteiger charge is 2.20. The van der Waals surface area contributed by atoms with Crippen molar-refractivity contribution in [2.75, 3.05) is 0 Å². The van der Waals surface area contributed by atoms with E-state index in [-0.39, 0.29) is 17.4 Å². The SMILES string of the molecule is Cc1nn(C)c(C)c1Oc1cnc(C(C)C)nc1C(=O)O. The number of hydrogen-bond acceptors (Lipinski definition) is 5. The minimum Gasteiger partial charge on any atom is -0.476 e. The largest absolute Gasteiger partial charge is 0.476 e. The second kappa shape index (κ2) is 5.51. The van der Waals surface area contributed by atoms with Gasteiger partial charge in [-0.15, -0.1) is 0 Å². The van der Waals surface area contributed by atoms with Crippen LogP contribution in [0.3, 0.4) is 0 Å². The topological polar surface area (TPSA) is 90.1 Å². The van der Waals surface area contributed by atoms with Crippen molar-refractivity contribution in [1.82, 2.24) is 19.7 Å². The van der Waals surface area contributed by atoms with E-state index in [2.05, 4.69) is 15.1 Å². The highest BCUT2D eigenvalue weighted by atomic mass is 16.5. The molecule has 2 aromatic rings. The highest BCUT2D eigenvalue weighted by molar-refractivity contribution is 5.88. The molecule has 0 aliphatic carbocycles. The molecule has 0 saturated heterocycles. The molecule has 0 saturated carbocycles. The summed E-state index contributed by atoms with van der Waals surface area (Å²) in [6.45, 7) is 7.44. The van der Waals surface area contributed by atoms with E-state index in [1.54, 1.807) is 18.7 Å². The summed E-state index contributed by atoms with van der Waals surface area (Å²) >= 11 is 0. The van der Waals surface area contributed by atoms with Crippen LogP contribution in [-0.2, 0) is 7.05 Å². The van der Waals surface area contributed by atoms with Gasteiger partial charge in [-0.1, -0.05) is 13.8 Å². The van der Waals surface area contributed by atoms with E-state index in [4.69, 9.17) is 4.74 Å². The number of ether oxygens (including phenoxy) is 1. The van der Waals surface area contributed by atoms with Gasteiger partial charge in [0.25, 0.3) is 0 Å². The zero-order valence-electron chi connectivity index (χ0n) is 12.7. The number of aryl methyl sites for hydroxylation is 2. The molecule has 0 spiro atoms. The molecule has 21 heavy (non-hydrogen) atoms. The van der Waals surface area contributed by atoms with Crippen molar-refractivity contribution in [3.05, 3.63) is 29.1 Å². The van der Waals surface area contributed by atoms with Gasteiger partial charge in [-0.2, -0.15) is 5.10 Å². The summed E-state index contributed by atoms with van der Waals surface area (Å²) in [5, 5.41) is 13.5. The van der Waals surface area contributed by atoms with Crippen molar-refractivity contribution in [2.24, 2.45) is 7.05 Å². The first-order chi connectivity index (χ1) is 9.81. The molecule has 0 amide bonds. The summed E-state index contributed by atoms with van der Waals surface area (Å²) in [7, 11) is 1.80. The average Bonchev–Trinajstić information content (AvgIpc) is 2.65. The number of carboxylic acids is 1. The Kier molecular flexibility index (Phi) is 3.93. The van der Waals surface area contributed by atoms with Gasteiger partial charge in [0.1, 0.15) is 11.5 Å². The van der Waals surface area contributed by atoms with Crippen molar-refractivity contribution < 1.29 is 14.6 Å². The molecule has 0 aliphatic rings. The van der Waals surface area contributed by atoms with Crippen LogP contribution >= 0.6 is 0 Å². The van der Waals surface area contributed by atoms with Crippen molar-refractivity contribution in [1.29, 1.82) is 0 Å². The lowest BCUT2D eigenvalue weighted by Gasteiger charge is -2.10. The molecule has 0 aromatic carbocycles. The van der Waals surface area contributed by atoms with Crippen LogP contribution in [-0.4, -0.2) is 30.8 Å². The van der Waals surface area contributed by atoms with Crippen LogP contribution in [0.25, 0.3) is 0 Å². The van der Waals surface area contributed by atoms with E-state index in [0.29, 0.717) is 17.3 Å². The van der Waals surface area contributed by atoms with Crippen LogP contribution in [0.2, 0.25) is 0 Å². The fourth-order valence-electron chi connectivity index (χ4n) is 1.90. The summed E-state index contributed by atoms with van der Waals surface area (Å²) in [6, 6.07) is 0. The molecule has 0 atom stereocenters. The van der Waals surface area contributed by atoms with Crippen LogP contribution in [0.1, 0.15) is 47.5 Å². The van der Waals surface area contributed by atoms with Crippen LogP contribution in [0.15, 0.2) is 6.20 Å². The van der Waals surface area contributed by atoms with Gasteiger partial charge in [-0.05, 0) is 13.8 Å². The van der Waals surface area contributed by atoms with E-state index in [1.165, 1.54) is 6.20 Å². The molecule has 1 N–H and O–H groups in total. The number of carbonyl (C=O) groups is 1. The number of nitrogens with zero attached hydrogens (tertiary/aromatic N) is 4. The van der Waals surface area contributed by atoms with Gasteiger partial charge in [0.15, 0.2) is 17.2 Å². The summed E-state index contributed by atoms with van der Waals surface area (Å²) in [6.07, 6.45) is 1.40. The van der Waals surface area contributed by atoms with Crippen LogP contribution in [0, 0.1) is 13.8 Å². The summed E-state index contributed by atoms with van der Waals surface area (Å²) in [5.74, 6) is 0.0129. The Morgan fingerprint density at radius 3 is 2.52 bits per heavy atom. The molecule has 0 aliphatic heterocycles. The molecule has 7 nitrogen and oxygen atoms in total. The molecule has 112 valence electrons. The second-order valence-corrected chi connectivity index (χ2v) is 5.13. The zero-order valence-corrected chi connectivity index (χ0v) is 12.7. The third kappa shape index (κ3) is 2.86. The molecular weight excluding hydrogens is 272 g/mol. The number of hydrogen-bond donors (Lipinski definition) is 1. The van der Waals surface area contributed by atoms with Crippen molar-refractivity contribution in [3.8, 4) is 11.5 Å². The van der Waals surface area contributed by atoms with E-state index in [0.717, 1.165) is 5.69 Å². The Balaban J connectivity index is 2.46. The standard InChI is InChI=1S/C14H18N4O3/c1-7(2)13-15-6-10(11(16-13)14(19)20)21-12-8(3)17-18(5)9(12)4/h6-7H,1-5H3,(H,19,20). The minimum absolute atomic E-state index is 0.0408. The number of carboxylic acid groups (broad SMARTS) is 1.